The highest BCUT2D eigenvalue weighted by Gasteiger charge is 2.12. The molecule has 0 aromatic heterocycles. The van der Waals surface area contributed by atoms with Crippen molar-refractivity contribution in [1.82, 2.24) is 5.32 Å². The Hall–Kier alpha value is -0.640. The lowest BCUT2D eigenvalue weighted by atomic mass is 10.1. The topological polar surface area (TPSA) is 21.3 Å². The molecule has 0 spiro atoms. The SMILES string of the molecule is CC(C)Oc1c(Cl)cc(Cl)cc1CNCCc1ccc(Cl)cc1Cl. The van der Waals surface area contributed by atoms with E-state index in [2.05, 4.69) is 5.32 Å². The van der Waals surface area contributed by atoms with E-state index < -0.39 is 0 Å². The summed E-state index contributed by atoms with van der Waals surface area (Å²) in [5.74, 6) is 0.674. The van der Waals surface area contributed by atoms with Crippen LogP contribution in [0.5, 0.6) is 5.75 Å². The Morgan fingerprint density at radius 1 is 0.917 bits per heavy atom. The fraction of sp³-hybridized carbons (Fsp3) is 0.333. The molecule has 2 aromatic carbocycles. The van der Waals surface area contributed by atoms with Crippen LogP contribution in [0, 0.1) is 0 Å². The Kier molecular flexibility index (Phi) is 7.52. The largest absolute Gasteiger partial charge is 0.489 e. The first-order valence-corrected chi connectivity index (χ1v) is 9.17. The van der Waals surface area contributed by atoms with E-state index in [1.54, 1.807) is 12.1 Å². The van der Waals surface area contributed by atoms with Gasteiger partial charge in [-0.25, -0.2) is 0 Å². The van der Waals surface area contributed by atoms with Gasteiger partial charge < -0.3 is 10.1 Å². The second-order valence-corrected chi connectivity index (χ2v) is 7.39. The van der Waals surface area contributed by atoms with Crippen molar-refractivity contribution in [2.75, 3.05) is 6.54 Å². The molecule has 2 rings (SSSR count). The fourth-order valence-corrected chi connectivity index (χ4v) is 3.37. The highest BCUT2D eigenvalue weighted by molar-refractivity contribution is 6.36. The van der Waals surface area contributed by atoms with E-state index in [4.69, 9.17) is 51.1 Å². The number of ether oxygens (including phenoxy) is 1. The molecule has 0 heterocycles. The van der Waals surface area contributed by atoms with E-state index in [1.807, 2.05) is 32.0 Å². The molecule has 0 aliphatic carbocycles. The average molecular weight is 407 g/mol. The maximum atomic E-state index is 6.26. The van der Waals surface area contributed by atoms with Crippen LogP contribution < -0.4 is 10.1 Å². The minimum Gasteiger partial charge on any atom is -0.489 e. The van der Waals surface area contributed by atoms with Gasteiger partial charge in [0.1, 0.15) is 5.75 Å². The third-order valence-electron chi connectivity index (χ3n) is 3.34. The average Bonchev–Trinajstić information content (AvgIpc) is 2.48. The number of halogens is 4. The summed E-state index contributed by atoms with van der Waals surface area (Å²) < 4.78 is 5.81. The third-order valence-corrected chi connectivity index (χ3v) is 4.43. The standard InChI is InChI=1S/C18H19Cl4NO/c1-11(2)24-18-13(7-15(20)9-17(18)22)10-23-6-5-12-3-4-14(19)8-16(12)21/h3-4,7-9,11,23H,5-6,10H2,1-2H3. The Labute approximate surface area is 163 Å². The molecular weight excluding hydrogens is 388 g/mol. The van der Waals surface area contributed by atoms with Crippen molar-refractivity contribution >= 4 is 46.4 Å². The zero-order valence-electron chi connectivity index (χ0n) is 13.5. The molecule has 1 N–H and O–H groups in total. The monoisotopic (exact) mass is 405 g/mol. The second kappa shape index (κ2) is 9.17. The Morgan fingerprint density at radius 2 is 1.62 bits per heavy atom. The van der Waals surface area contributed by atoms with E-state index in [9.17, 15) is 0 Å². The van der Waals surface area contributed by atoms with E-state index in [1.165, 1.54) is 0 Å². The van der Waals surface area contributed by atoms with E-state index >= 15 is 0 Å². The summed E-state index contributed by atoms with van der Waals surface area (Å²) in [6, 6.07) is 9.10. The van der Waals surface area contributed by atoms with E-state index in [0.29, 0.717) is 32.4 Å². The first kappa shape index (κ1) is 19.7. The molecule has 2 aromatic rings. The molecular formula is C18H19Cl4NO. The number of benzene rings is 2. The molecule has 0 fully saturated rings. The summed E-state index contributed by atoms with van der Waals surface area (Å²) in [6.45, 7) is 5.29. The molecule has 6 heteroatoms. The maximum absolute atomic E-state index is 6.26. The van der Waals surface area contributed by atoms with E-state index in [0.717, 1.165) is 24.1 Å². The number of rotatable bonds is 7. The maximum Gasteiger partial charge on any atom is 0.142 e. The van der Waals surface area contributed by atoms with Crippen LogP contribution in [0.15, 0.2) is 30.3 Å². The van der Waals surface area contributed by atoms with Crippen molar-refractivity contribution in [2.45, 2.75) is 32.9 Å². The molecule has 24 heavy (non-hydrogen) atoms. The van der Waals surface area contributed by atoms with Crippen molar-refractivity contribution in [3.8, 4) is 5.75 Å². The molecule has 0 amide bonds. The van der Waals surface area contributed by atoms with Crippen molar-refractivity contribution < 1.29 is 4.74 Å². The lowest BCUT2D eigenvalue weighted by Crippen LogP contribution is -2.18. The summed E-state index contributed by atoms with van der Waals surface area (Å²) in [5.41, 5.74) is 1.99. The van der Waals surface area contributed by atoms with Gasteiger partial charge in [-0.1, -0.05) is 52.5 Å². The molecule has 0 saturated heterocycles. The van der Waals surface area contributed by atoms with Crippen LogP contribution in [-0.2, 0) is 13.0 Å². The highest BCUT2D eigenvalue weighted by Crippen LogP contribution is 2.33. The minimum absolute atomic E-state index is 0.0373. The van der Waals surface area contributed by atoms with Gasteiger partial charge >= 0.3 is 0 Å². The van der Waals surface area contributed by atoms with Gasteiger partial charge in [-0.15, -0.1) is 0 Å². The predicted molar refractivity (Wildman–Crippen MR) is 104 cm³/mol. The van der Waals surface area contributed by atoms with E-state index in [-0.39, 0.29) is 6.10 Å². The summed E-state index contributed by atoms with van der Waals surface area (Å²) in [4.78, 5) is 0. The third kappa shape index (κ3) is 5.72. The van der Waals surface area contributed by atoms with Gasteiger partial charge in [0, 0.05) is 27.2 Å². The van der Waals surface area contributed by atoms with Crippen molar-refractivity contribution in [2.24, 2.45) is 0 Å². The first-order valence-electron chi connectivity index (χ1n) is 7.66. The molecule has 130 valence electrons. The number of hydrogen-bond acceptors (Lipinski definition) is 2. The molecule has 0 unspecified atom stereocenters. The van der Waals surface area contributed by atoms with Gasteiger partial charge in [0.05, 0.1) is 11.1 Å². The van der Waals surface area contributed by atoms with Gasteiger partial charge in [-0.05, 0) is 56.6 Å². The van der Waals surface area contributed by atoms with Gasteiger partial charge in [-0.2, -0.15) is 0 Å². The van der Waals surface area contributed by atoms with Crippen molar-refractivity contribution in [1.29, 1.82) is 0 Å². The zero-order chi connectivity index (χ0) is 17.7. The van der Waals surface area contributed by atoms with Crippen LogP contribution in [-0.4, -0.2) is 12.6 Å². The molecule has 0 saturated carbocycles. The normalized spacial score (nSPS) is 11.1. The first-order chi connectivity index (χ1) is 11.4. The van der Waals surface area contributed by atoms with Crippen molar-refractivity contribution in [3.63, 3.8) is 0 Å². The predicted octanol–water partition coefficient (Wildman–Crippen LogP) is 6.42. The van der Waals surface area contributed by atoms with Crippen LogP contribution in [0.3, 0.4) is 0 Å². The summed E-state index contributed by atoms with van der Waals surface area (Å²) in [7, 11) is 0. The Morgan fingerprint density at radius 3 is 2.29 bits per heavy atom. The van der Waals surface area contributed by atoms with Gasteiger partial charge in [0.15, 0.2) is 0 Å². The van der Waals surface area contributed by atoms with Crippen molar-refractivity contribution in [3.05, 3.63) is 61.5 Å². The lowest BCUT2D eigenvalue weighted by molar-refractivity contribution is 0.239. The summed E-state index contributed by atoms with van der Waals surface area (Å²) in [6.07, 6.45) is 0.834. The van der Waals surface area contributed by atoms with Crippen LogP contribution in [0.25, 0.3) is 0 Å². The second-order valence-electron chi connectivity index (χ2n) is 5.70. The number of hydrogen-bond donors (Lipinski definition) is 1. The molecule has 0 atom stereocenters. The molecule has 0 radical (unpaired) electrons. The van der Waals surface area contributed by atoms with Crippen LogP contribution in [0.4, 0.5) is 0 Å². The molecule has 0 aliphatic rings. The summed E-state index contributed by atoms with van der Waals surface area (Å²) >= 11 is 24.5. The Bertz CT molecular complexity index is 704. The Balaban J connectivity index is 1.98. The summed E-state index contributed by atoms with van der Waals surface area (Å²) in [5, 5.41) is 5.80. The van der Waals surface area contributed by atoms with Crippen LogP contribution in [0.2, 0.25) is 20.1 Å². The zero-order valence-corrected chi connectivity index (χ0v) is 16.5. The quantitative estimate of drug-likeness (QED) is 0.535. The van der Waals surface area contributed by atoms with Crippen LogP contribution in [0.1, 0.15) is 25.0 Å². The molecule has 2 nitrogen and oxygen atoms in total. The van der Waals surface area contributed by atoms with Gasteiger partial charge in [0.2, 0.25) is 0 Å². The molecule has 0 aliphatic heterocycles. The van der Waals surface area contributed by atoms with Gasteiger partial charge in [0.25, 0.3) is 0 Å². The smallest absolute Gasteiger partial charge is 0.142 e. The number of nitrogens with one attached hydrogen (secondary N) is 1. The lowest BCUT2D eigenvalue weighted by Gasteiger charge is -2.17. The minimum atomic E-state index is 0.0373. The highest BCUT2D eigenvalue weighted by atomic mass is 35.5. The van der Waals surface area contributed by atoms with Gasteiger partial charge in [-0.3, -0.25) is 0 Å². The fourth-order valence-electron chi connectivity index (χ4n) is 2.28. The van der Waals surface area contributed by atoms with Crippen LogP contribution >= 0.6 is 46.4 Å². The molecule has 0 bridgehead atoms.